The van der Waals surface area contributed by atoms with E-state index in [1.54, 1.807) is 14.2 Å². The van der Waals surface area contributed by atoms with Crippen LogP contribution in [-0.4, -0.2) is 46.7 Å². The molecule has 2 aromatic carbocycles. The number of hydrogen-bond acceptors (Lipinski definition) is 6. The van der Waals surface area contributed by atoms with Gasteiger partial charge in [-0.15, -0.1) is 10.2 Å². The molecular weight excluding hydrogens is 448 g/mol. The van der Waals surface area contributed by atoms with Crippen molar-refractivity contribution in [2.24, 2.45) is 5.92 Å². The molecule has 1 amide bonds. The SMILES string of the molecule is COc1ccc(-n2c(SC(C)C(=O)NCC3CCCCC3)nnc2-c2ccccc2)cc1OC. The number of benzene rings is 2. The zero-order chi connectivity index (χ0) is 23.9. The molecule has 1 saturated carbocycles. The minimum atomic E-state index is -0.310. The van der Waals surface area contributed by atoms with E-state index in [9.17, 15) is 4.79 Å². The fraction of sp³-hybridized carbons (Fsp3) is 0.423. The van der Waals surface area contributed by atoms with Crippen molar-refractivity contribution in [2.45, 2.75) is 49.4 Å². The van der Waals surface area contributed by atoms with Gasteiger partial charge in [0.15, 0.2) is 22.5 Å². The molecule has 0 saturated heterocycles. The average Bonchev–Trinajstić information content (AvgIpc) is 3.31. The van der Waals surface area contributed by atoms with Gasteiger partial charge in [0.25, 0.3) is 0 Å². The van der Waals surface area contributed by atoms with Crippen molar-refractivity contribution in [3.63, 3.8) is 0 Å². The molecule has 1 aliphatic rings. The lowest BCUT2D eigenvalue weighted by Gasteiger charge is -2.22. The first kappa shape index (κ1) is 24.1. The predicted octanol–water partition coefficient (Wildman–Crippen LogP) is 5.13. The Labute approximate surface area is 205 Å². The van der Waals surface area contributed by atoms with Gasteiger partial charge in [-0.1, -0.05) is 61.4 Å². The number of nitrogens with one attached hydrogen (secondary N) is 1. The van der Waals surface area contributed by atoms with Gasteiger partial charge in [-0.2, -0.15) is 0 Å². The second-order valence-electron chi connectivity index (χ2n) is 8.56. The van der Waals surface area contributed by atoms with Crippen molar-refractivity contribution >= 4 is 17.7 Å². The highest BCUT2D eigenvalue weighted by Crippen LogP contribution is 2.34. The Balaban J connectivity index is 1.60. The van der Waals surface area contributed by atoms with Gasteiger partial charge in [0.1, 0.15) is 0 Å². The number of carbonyl (C=O) groups excluding carboxylic acids is 1. The minimum Gasteiger partial charge on any atom is -0.493 e. The molecule has 0 spiro atoms. The number of aromatic nitrogens is 3. The third-order valence-corrected chi connectivity index (χ3v) is 7.27. The first-order valence-electron chi connectivity index (χ1n) is 11.8. The summed E-state index contributed by atoms with van der Waals surface area (Å²) in [6.07, 6.45) is 6.25. The van der Waals surface area contributed by atoms with Gasteiger partial charge < -0.3 is 14.8 Å². The van der Waals surface area contributed by atoms with Crippen molar-refractivity contribution in [3.05, 3.63) is 48.5 Å². The van der Waals surface area contributed by atoms with E-state index in [-0.39, 0.29) is 11.2 Å². The van der Waals surface area contributed by atoms with Crippen LogP contribution in [0, 0.1) is 5.92 Å². The molecule has 1 N–H and O–H groups in total. The van der Waals surface area contributed by atoms with E-state index < -0.39 is 0 Å². The lowest BCUT2D eigenvalue weighted by atomic mass is 9.89. The van der Waals surface area contributed by atoms with Crippen LogP contribution in [0.3, 0.4) is 0 Å². The fourth-order valence-corrected chi connectivity index (χ4v) is 5.20. The van der Waals surface area contributed by atoms with Crippen LogP contribution in [0.5, 0.6) is 11.5 Å². The first-order valence-corrected chi connectivity index (χ1v) is 12.7. The van der Waals surface area contributed by atoms with Crippen LogP contribution in [0.1, 0.15) is 39.0 Å². The lowest BCUT2D eigenvalue weighted by Crippen LogP contribution is -2.35. The van der Waals surface area contributed by atoms with Gasteiger partial charge in [-0.05, 0) is 37.8 Å². The number of ether oxygens (including phenoxy) is 2. The van der Waals surface area contributed by atoms with Crippen molar-refractivity contribution < 1.29 is 14.3 Å². The highest BCUT2D eigenvalue weighted by atomic mass is 32.2. The molecule has 180 valence electrons. The Morgan fingerprint density at radius 2 is 1.79 bits per heavy atom. The molecule has 0 bridgehead atoms. The zero-order valence-corrected chi connectivity index (χ0v) is 20.8. The van der Waals surface area contributed by atoms with E-state index in [0.29, 0.717) is 28.4 Å². The Bertz CT molecular complexity index is 1100. The smallest absolute Gasteiger partial charge is 0.233 e. The minimum absolute atomic E-state index is 0.0266. The molecule has 7 nitrogen and oxygen atoms in total. The molecule has 0 radical (unpaired) electrons. The molecule has 34 heavy (non-hydrogen) atoms. The summed E-state index contributed by atoms with van der Waals surface area (Å²) >= 11 is 1.40. The van der Waals surface area contributed by atoms with Crippen LogP contribution in [0.4, 0.5) is 0 Å². The molecule has 4 rings (SSSR count). The third-order valence-electron chi connectivity index (χ3n) is 6.23. The van der Waals surface area contributed by atoms with Crippen LogP contribution in [0.2, 0.25) is 0 Å². The van der Waals surface area contributed by atoms with Gasteiger partial charge in [0.05, 0.1) is 25.2 Å². The van der Waals surface area contributed by atoms with Gasteiger partial charge in [-0.25, -0.2) is 0 Å². The summed E-state index contributed by atoms with van der Waals surface area (Å²) in [5.41, 5.74) is 1.77. The summed E-state index contributed by atoms with van der Waals surface area (Å²) in [6.45, 7) is 2.66. The largest absolute Gasteiger partial charge is 0.493 e. The van der Waals surface area contributed by atoms with Gasteiger partial charge >= 0.3 is 0 Å². The monoisotopic (exact) mass is 480 g/mol. The maximum Gasteiger partial charge on any atom is 0.233 e. The van der Waals surface area contributed by atoms with E-state index in [1.807, 2.05) is 60.0 Å². The number of amides is 1. The number of nitrogens with zero attached hydrogens (tertiary/aromatic N) is 3. The number of methoxy groups -OCH3 is 2. The molecule has 1 unspecified atom stereocenters. The summed E-state index contributed by atoms with van der Waals surface area (Å²) in [6, 6.07) is 15.6. The Morgan fingerprint density at radius 3 is 2.50 bits per heavy atom. The molecule has 1 fully saturated rings. The van der Waals surface area contributed by atoms with E-state index in [1.165, 1.54) is 43.9 Å². The molecule has 8 heteroatoms. The van der Waals surface area contributed by atoms with Crippen molar-refractivity contribution in [1.82, 2.24) is 20.1 Å². The average molecular weight is 481 g/mol. The van der Waals surface area contributed by atoms with Gasteiger partial charge in [-0.3, -0.25) is 9.36 Å². The fourth-order valence-electron chi connectivity index (χ4n) is 4.31. The van der Waals surface area contributed by atoms with Crippen LogP contribution < -0.4 is 14.8 Å². The second-order valence-corrected chi connectivity index (χ2v) is 9.86. The van der Waals surface area contributed by atoms with E-state index >= 15 is 0 Å². The number of thioether (sulfide) groups is 1. The second kappa shape index (κ2) is 11.4. The lowest BCUT2D eigenvalue weighted by molar-refractivity contribution is -0.120. The quantitative estimate of drug-likeness (QED) is 0.428. The van der Waals surface area contributed by atoms with Crippen LogP contribution >= 0.6 is 11.8 Å². The normalized spacial score (nSPS) is 15.0. The molecular formula is C26H32N4O3S. The first-order chi connectivity index (χ1) is 16.6. The van der Waals surface area contributed by atoms with Crippen molar-refractivity contribution in [3.8, 4) is 28.6 Å². The van der Waals surface area contributed by atoms with Crippen molar-refractivity contribution in [1.29, 1.82) is 0 Å². The molecule has 1 atom stereocenters. The Hall–Kier alpha value is -3.00. The summed E-state index contributed by atoms with van der Waals surface area (Å²) in [4.78, 5) is 12.9. The Kier molecular flexibility index (Phi) is 8.11. The molecule has 1 aliphatic carbocycles. The standard InChI is InChI=1S/C26H32N4O3S/c1-18(25(31)27-17-19-10-6-4-7-11-19)34-26-29-28-24(20-12-8-5-9-13-20)30(26)21-14-15-22(32-2)23(16-21)33-3/h5,8-9,12-16,18-19H,4,6-7,10-11,17H2,1-3H3,(H,27,31). The van der Waals surface area contributed by atoms with Crippen molar-refractivity contribution in [2.75, 3.05) is 20.8 Å². The maximum absolute atomic E-state index is 12.9. The van der Waals surface area contributed by atoms with Gasteiger partial charge in [0.2, 0.25) is 5.91 Å². The van der Waals surface area contributed by atoms with E-state index in [0.717, 1.165) is 17.8 Å². The van der Waals surface area contributed by atoms with Gasteiger partial charge in [0, 0.05) is 18.2 Å². The summed E-state index contributed by atoms with van der Waals surface area (Å²) in [7, 11) is 3.22. The zero-order valence-electron chi connectivity index (χ0n) is 20.0. The van der Waals surface area contributed by atoms with E-state index in [2.05, 4.69) is 15.5 Å². The highest BCUT2D eigenvalue weighted by Gasteiger charge is 2.23. The number of rotatable bonds is 9. The summed E-state index contributed by atoms with van der Waals surface area (Å²) < 4.78 is 12.9. The Morgan fingerprint density at radius 1 is 1.06 bits per heavy atom. The maximum atomic E-state index is 12.9. The number of carbonyl (C=O) groups is 1. The highest BCUT2D eigenvalue weighted by molar-refractivity contribution is 8.00. The molecule has 3 aromatic rings. The van der Waals surface area contributed by atoms with Crippen LogP contribution in [0.15, 0.2) is 53.7 Å². The summed E-state index contributed by atoms with van der Waals surface area (Å²) in [5, 5.41) is 12.4. The topological polar surface area (TPSA) is 78.3 Å². The molecule has 0 aliphatic heterocycles. The third kappa shape index (κ3) is 5.55. The summed E-state index contributed by atoms with van der Waals surface area (Å²) in [5.74, 6) is 2.58. The van der Waals surface area contributed by atoms with Crippen LogP contribution in [0.25, 0.3) is 17.1 Å². The van der Waals surface area contributed by atoms with Crippen LogP contribution in [-0.2, 0) is 4.79 Å². The number of hydrogen-bond donors (Lipinski definition) is 1. The molecule has 1 heterocycles. The predicted molar refractivity (Wildman–Crippen MR) is 135 cm³/mol. The molecule has 1 aromatic heterocycles. The van der Waals surface area contributed by atoms with E-state index in [4.69, 9.17) is 9.47 Å².